The van der Waals surface area contributed by atoms with Crippen LogP contribution in [0, 0.1) is 5.92 Å². The lowest BCUT2D eigenvalue weighted by molar-refractivity contribution is 0.0570. The minimum absolute atomic E-state index is 0.140. The molecule has 1 atom stereocenters. The Morgan fingerprint density at radius 2 is 2.00 bits per heavy atom. The summed E-state index contributed by atoms with van der Waals surface area (Å²) in [5, 5.41) is 0. The number of nitrogen functional groups attached to an aromatic ring is 1. The van der Waals surface area contributed by atoms with Crippen LogP contribution in [-0.4, -0.2) is 24.2 Å². The topological polar surface area (TPSA) is 70.3 Å². The number of rotatable bonds is 5. The monoisotopic (exact) mass is 225 g/mol. The van der Waals surface area contributed by atoms with Crippen LogP contribution in [0.2, 0.25) is 0 Å². The zero-order valence-electron chi connectivity index (χ0n) is 10.2. The first-order chi connectivity index (χ1) is 7.58. The summed E-state index contributed by atoms with van der Waals surface area (Å²) in [4.78, 5) is 8.57. The molecule has 5 heteroatoms. The molecular weight excluding hydrogens is 206 g/mol. The third-order valence-electron chi connectivity index (χ3n) is 2.22. The van der Waals surface area contributed by atoms with Gasteiger partial charge in [0.2, 0.25) is 0 Å². The molecule has 0 spiro atoms. The van der Waals surface area contributed by atoms with Crippen LogP contribution in [0.25, 0.3) is 0 Å². The number of nitrogens with zero attached hydrogens (tertiary/aromatic N) is 2. The fraction of sp³-hybridized carbons (Fsp3) is 0.636. The maximum Gasteiger partial charge on any atom is 0.160 e. The van der Waals surface area contributed by atoms with Crippen molar-refractivity contribution in [2.45, 2.75) is 26.6 Å². The fourth-order valence-electron chi connectivity index (χ4n) is 1.56. The highest BCUT2D eigenvalue weighted by Crippen LogP contribution is 2.22. The molecule has 2 N–H and O–H groups in total. The zero-order valence-corrected chi connectivity index (χ0v) is 10.2. The zero-order chi connectivity index (χ0) is 12.1. The second-order valence-electron chi connectivity index (χ2n) is 3.98. The van der Waals surface area contributed by atoms with Gasteiger partial charge in [-0.25, -0.2) is 9.97 Å². The summed E-state index contributed by atoms with van der Waals surface area (Å²) < 4.78 is 10.4. The van der Waals surface area contributed by atoms with Crippen LogP contribution >= 0.6 is 0 Å². The molecule has 0 amide bonds. The Labute approximate surface area is 96.0 Å². The SMILES string of the molecule is COCc1cc(N)nc(C(OC)C(C)C)n1. The van der Waals surface area contributed by atoms with Gasteiger partial charge in [0.1, 0.15) is 11.9 Å². The normalized spacial score (nSPS) is 13.1. The summed E-state index contributed by atoms with van der Waals surface area (Å²) in [5.41, 5.74) is 6.49. The summed E-state index contributed by atoms with van der Waals surface area (Å²) in [6.07, 6.45) is -0.140. The molecule has 0 bridgehead atoms. The van der Waals surface area contributed by atoms with Crippen LogP contribution < -0.4 is 5.73 Å². The van der Waals surface area contributed by atoms with E-state index in [4.69, 9.17) is 15.2 Å². The van der Waals surface area contributed by atoms with Crippen LogP contribution in [0.4, 0.5) is 5.82 Å². The van der Waals surface area contributed by atoms with E-state index in [0.717, 1.165) is 5.69 Å². The summed E-state index contributed by atoms with van der Waals surface area (Å²) >= 11 is 0. The first kappa shape index (κ1) is 12.9. The van der Waals surface area contributed by atoms with Gasteiger partial charge in [-0.3, -0.25) is 0 Å². The van der Waals surface area contributed by atoms with Crippen LogP contribution in [0.3, 0.4) is 0 Å². The third kappa shape index (κ3) is 3.15. The van der Waals surface area contributed by atoms with Gasteiger partial charge in [-0.05, 0) is 5.92 Å². The molecule has 0 fully saturated rings. The van der Waals surface area contributed by atoms with Crippen LogP contribution in [0.5, 0.6) is 0 Å². The van der Waals surface area contributed by atoms with Crippen LogP contribution in [0.15, 0.2) is 6.07 Å². The summed E-state index contributed by atoms with van der Waals surface area (Å²) in [6, 6.07) is 1.71. The van der Waals surface area contributed by atoms with Gasteiger partial charge in [0, 0.05) is 20.3 Å². The molecule has 0 saturated heterocycles. The van der Waals surface area contributed by atoms with E-state index in [-0.39, 0.29) is 6.10 Å². The van der Waals surface area contributed by atoms with Crippen molar-refractivity contribution in [2.75, 3.05) is 20.0 Å². The van der Waals surface area contributed by atoms with Crippen LogP contribution in [-0.2, 0) is 16.1 Å². The highest BCUT2D eigenvalue weighted by Gasteiger charge is 2.19. The number of hydrogen-bond donors (Lipinski definition) is 1. The first-order valence-electron chi connectivity index (χ1n) is 5.23. The van der Waals surface area contributed by atoms with Gasteiger partial charge in [-0.15, -0.1) is 0 Å². The molecule has 90 valence electrons. The number of ether oxygens (including phenoxy) is 2. The van der Waals surface area contributed by atoms with Crippen molar-refractivity contribution in [1.82, 2.24) is 9.97 Å². The van der Waals surface area contributed by atoms with Gasteiger partial charge in [-0.2, -0.15) is 0 Å². The molecule has 16 heavy (non-hydrogen) atoms. The number of methoxy groups -OCH3 is 2. The van der Waals surface area contributed by atoms with Crippen molar-refractivity contribution in [3.63, 3.8) is 0 Å². The molecule has 0 saturated carbocycles. The molecule has 0 aromatic carbocycles. The van der Waals surface area contributed by atoms with Crippen molar-refractivity contribution in [1.29, 1.82) is 0 Å². The standard InChI is InChI=1S/C11H19N3O2/c1-7(2)10(16-4)11-13-8(6-15-3)5-9(12)14-11/h5,7,10H,6H2,1-4H3,(H2,12,13,14). The molecule has 1 unspecified atom stereocenters. The van der Waals surface area contributed by atoms with Gasteiger partial charge in [0.25, 0.3) is 0 Å². The van der Waals surface area contributed by atoms with Crippen molar-refractivity contribution in [3.8, 4) is 0 Å². The summed E-state index contributed by atoms with van der Waals surface area (Å²) in [5.74, 6) is 1.35. The van der Waals surface area contributed by atoms with Crippen molar-refractivity contribution in [3.05, 3.63) is 17.6 Å². The second-order valence-corrected chi connectivity index (χ2v) is 3.98. The second kappa shape index (κ2) is 5.77. The molecule has 0 aliphatic heterocycles. The predicted octanol–water partition coefficient (Wildman–Crippen LogP) is 1.55. The minimum atomic E-state index is -0.140. The van der Waals surface area contributed by atoms with E-state index in [1.165, 1.54) is 0 Å². The minimum Gasteiger partial charge on any atom is -0.384 e. The van der Waals surface area contributed by atoms with Crippen molar-refractivity contribution in [2.24, 2.45) is 5.92 Å². The number of anilines is 1. The lowest BCUT2D eigenvalue weighted by atomic mass is 10.1. The van der Waals surface area contributed by atoms with Crippen molar-refractivity contribution >= 4 is 5.82 Å². The average molecular weight is 225 g/mol. The summed E-state index contributed by atoms with van der Waals surface area (Å²) in [6.45, 7) is 4.53. The predicted molar refractivity (Wildman–Crippen MR) is 61.7 cm³/mol. The van der Waals surface area contributed by atoms with Gasteiger partial charge >= 0.3 is 0 Å². The Kier molecular flexibility index (Phi) is 4.64. The molecular formula is C11H19N3O2. The van der Waals surface area contributed by atoms with E-state index >= 15 is 0 Å². The van der Waals surface area contributed by atoms with E-state index in [2.05, 4.69) is 23.8 Å². The van der Waals surface area contributed by atoms with Gasteiger partial charge in [-0.1, -0.05) is 13.8 Å². The molecule has 0 radical (unpaired) electrons. The van der Waals surface area contributed by atoms with E-state index in [0.29, 0.717) is 24.2 Å². The molecule has 1 rings (SSSR count). The molecule has 0 aliphatic rings. The van der Waals surface area contributed by atoms with Gasteiger partial charge in [0.05, 0.1) is 12.3 Å². The fourth-order valence-corrected chi connectivity index (χ4v) is 1.56. The highest BCUT2D eigenvalue weighted by atomic mass is 16.5. The first-order valence-corrected chi connectivity index (χ1v) is 5.23. The highest BCUT2D eigenvalue weighted by molar-refractivity contribution is 5.30. The molecule has 1 heterocycles. The lowest BCUT2D eigenvalue weighted by Crippen LogP contribution is -2.15. The summed E-state index contributed by atoms with van der Waals surface area (Å²) in [7, 11) is 3.27. The quantitative estimate of drug-likeness (QED) is 0.823. The Bertz CT molecular complexity index is 342. The maximum absolute atomic E-state index is 5.72. The van der Waals surface area contributed by atoms with E-state index < -0.39 is 0 Å². The van der Waals surface area contributed by atoms with Crippen molar-refractivity contribution < 1.29 is 9.47 Å². The number of aromatic nitrogens is 2. The Morgan fingerprint density at radius 3 is 2.50 bits per heavy atom. The Morgan fingerprint density at radius 1 is 1.31 bits per heavy atom. The third-order valence-corrected chi connectivity index (χ3v) is 2.22. The van der Waals surface area contributed by atoms with E-state index in [9.17, 15) is 0 Å². The van der Waals surface area contributed by atoms with Gasteiger partial charge < -0.3 is 15.2 Å². The molecule has 0 aliphatic carbocycles. The number of nitrogens with two attached hydrogens (primary N) is 1. The van der Waals surface area contributed by atoms with Gasteiger partial charge in [0.15, 0.2) is 5.82 Å². The van der Waals surface area contributed by atoms with E-state index in [1.54, 1.807) is 20.3 Å². The molecule has 1 aromatic heterocycles. The smallest absolute Gasteiger partial charge is 0.160 e. The average Bonchev–Trinajstić information content (AvgIpc) is 2.17. The maximum atomic E-state index is 5.72. The van der Waals surface area contributed by atoms with E-state index in [1.807, 2.05) is 0 Å². The van der Waals surface area contributed by atoms with Crippen LogP contribution in [0.1, 0.15) is 31.5 Å². The largest absolute Gasteiger partial charge is 0.384 e. The number of hydrogen-bond acceptors (Lipinski definition) is 5. The Hall–Kier alpha value is -1.20. The Balaban J connectivity index is 3.02. The lowest BCUT2D eigenvalue weighted by Gasteiger charge is -2.18. The molecule has 1 aromatic rings. The molecule has 5 nitrogen and oxygen atoms in total.